The zero-order chi connectivity index (χ0) is 14.4. The van der Waals surface area contributed by atoms with E-state index in [9.17, 15) is 4.79 Å². The zero-order valence-electron chi connectivity index (χ0n) is 11.8. The van der Waals surface area contributed by atoms with E-state index < -0.39 is 5.97 Å². The van der Waals surface area contributed by atoms with Crippen molar-refractivity contribution in [1.29, 1.82) is 0 Å². The maximum absolute atomic E-state index is 10.6. The molecule has 20 heavy (non-hydrogen) atoms. The van der Waals surface area contributed by atoms with Crippen molar-refractivity contribution >= 4 is 12.0 Å². The Kier molecular flexibility index (Phi) is 5.32. The van der Waals surface area contributed by atoms with Gasteiger partial charge in [-0.05, 0) is 30.5 Å². The third-order valence-corrected chi connectivity index (χ3v) is 3.39. The summed E-state index contributed by atoms with van der Waals surface area (Å²) in [5, 5.41) is 8.75. The van der Waals surface area contributed by atoms with Gasteiger partial charge in [0.25, 0.3) is 0 Å². The van der Waals surface area contributed by atoms with Crippen LogP contribution in [0, 0.1) is 0 Å². The topological polar surface area (TPSA) is 49.8 Å². The third-order valence-electron chi connectivity index (χ3n) is 3.39. The van der Waals surface area contributed by atoms with Crippen LogP contribution in [0.5, 0.6) is 0 Å². The van der Waals surface area contributed by atoms with Crippen molar-refractivity contribution in [2.75, 3.05) is 19.7 Å². The van der Waals surface area contributed by atoms with Crippen LogP contribution in [0.15, 0.2) is 30.3 Å². The largest absolute Gasteiger partial charge is 0.478 e. The van der Waals surface area contributed by atoms with Gasteiger partial charge in [-0.3, -0.25) is 4.90 Å². The van der Waals surface area contributed by atoms with Gasteiger partial charge in [-0.25, -0.2) is 4.79 Å². The van der Waals surface area contributed by atoms with Crippen molar-refractivity contribution in [2.45, 2.75) is 26.0 Å². The standard InChI is InChI=1S/C16H21NO3/c1-13-11-17(9-4-10-20-13)12-15-6-3-2-5-14(15)7-8-16(18)19/h2-3,5-8,13H,4,9-12H2,1H3,(H,18,19). The molecule has 4 nitrogen and oxygen atoms in total. The van der Waals surface area contributed by atoms with Crippen LogP contribution in [-0.2, 0) is 16.1 Å². The summed E-state index contributed by atoms with van der Waals surface area (Å²) < 4.78 is 5.65. The first kappa shape index (κ1) is 14.8. The second kappa shape index (κ2) is 7.22. The Hall–Kier alpha value is -1.65. The molecule has 0 bridgehead atoms. The molecule has 1 aromatic carbocycles. The summed E-state index contributed by atoms with van der Waals surface area (Å²) in [6.07, 6.45) is 4.14. The van der Waals surface area contributed by atoms with Crippen molar-refractivity contribution in [2.24, 2.45) is 0 Å². The Morgan fingerprint density at radius 1 is 1.50 bits per heavy atom. The lowest BCUT2D eigenvalue weighted by atomic mass is 10.1. The summed E-state index contributed by atoms with van der Waals surface area (Å²) >= 11 is 0. The molecule has 0 aliphatic carbocycles. The molecule has 1 saturated heterocycles. The number of hydrogen-bond acceptors (Lipinski definition) is 3. The highest BCUT2D eigenvalue weighted by molar-refractivity contribution is 5.85. The van der Waals surface area contributed by atoms with Gasteiger partial charge in [0.05, 0.1) is 6.10 Å². The molecule has 0 radical (unpaired) electrons. The molecule has 0 aromatic heterocycles. The molecule has 1 atom stereocenters. The fourth-order valence-electron chi connectivity index (χ4n) is 2.47. The number of ether oxygens (including phenoxy) is 1. The van der Waals surface area contributed by atoms with Crippen LogP contribution in [0.1, 0.15) is 24.5 Å². The van der Waals surface area contributed by atoms with E-state index in [4.69, 9.17) is 9.84 Å². The van der Waals surface area contributed by atoms with Gasteiger partial charge in [0.2, 0.25) is 0 Å². The van der Waals surface area contributed by atoms with Crippen LogP contribution in [0.25, 0.3) is 6.08 Å². The van der Waals surface area contributed by atoms with Gasteiger partial charge < -0.3 is 9.84 Å². The van der Waals surface area contributed by atoms with E-state index in [2.05, 4.69) is 17.9 Å². The average Bonchev–Trinajstić information content (AvgIpc) is 2.62. The Labute approximate surface area is 119 Å². The Morgan fingerprint density at radius 2 is 2.30 bits per heavy atom. The highest BCUT2D eigenvalue weighted by Gasteiger charge is 2.15. The minimum Gasteiger partial charge on any atom is -0.478 e. The minimum atomic E-state index is -0.920. The highest BCUT2D eigenvalue weighted by atomic mass is 16.5. The minimum absolute atomic E-state index is 0.249. The van der Waals surface area contributed by atoms with Crippen LogP contribution in [0.3, 0.4) is 0 Å². The van der Waals surface area contributed by atoms with E-state index >= 15 is 0 Å². The number of rotatable bonds is 4. The smallest absolute Gasteiger partial charge is 0.328 e. The van der Waals surface area contributed by atoms with Crippen LogP contribution in [-0.4, -0.2) is 41.8 Å². The molecule has 1 fully saturated rings. The Bertz CT molecular complexity index is 484. The number of benzene rings is 1. The van der Waals surface area contributed by atoms with Crippen LogP contribution >= 0.6 is 0 Å². The number of carboxylic acid groups (broad SMARTS) is 1. The Morgan fingerprint density at radius 3 is 3.10 bits per heavy atom. The first-order chi connectivity index (χ1) is 9.65. The van der Waals surface area contributed by atoms with E-state index in [0.29, 0.717) is 0 Å². The van der Waals surface area contributed by atoms with E-state index in [-0.39, 0.29) is 6.10 Å². The Balaban J connectivity index is 2.10. The van der Waals surface area contributed by atoms with Crippen molar-refractivity contribution in [3.8, 4) is 0 Å². The maximum atomic E-state index is 10.6. The number of nitrogens with zero attached hydrogens (tertiary/aromatic N) is 1. The third kappa shape index (κ3) is 4.47. The van der Waals surface area contributed by atoms with E-state index in [1.54, 1.807) is 6.08 Å². The van der Waals surface area contributed by atoms with Gasteiger partial charge in [-0.1, -0.05) is 24.3 Å². The van der Waals surface area contributed by atoms with Crippen LogP contribution in [0.4, 0.5) is 0 Å². The van der Waals surface area contributed by atoms with E-state index in [0.717, 1.165) is 43.8 Å². The molecule has 0 saturated carbocycles. The molecular weight excluding hydrogens is 254 g/mol. The zero-order valence-corrected chi connectivity index (χ0v) is 11.8. The summed E-state index contributed by atoms with van der Waals surface area (Å²) in [5.41, 5.74) is 2.12. The van der Waals surface area contributed by atoms with Crippen molar-refractivity contribution in [1.82, 2.24) is 4.90 Å². The molecule has 0 spiro atoms. The van der Waals surface area contributed by atoms with Crippen LogP contribution < -0.4 is 0 Å². The lowest BCUT2D eigenvalue weighted by molar-refractivity contribution is -0.131. The normalized spacial score (nSPS) is 20.9. The fraction of sp³-hybridized carbons (Fsp3) is 0.438. The van der Waals surface area contributed by atoms with Crippen molar-refractivity contribution in [3.05, 3.63) is 41.5 Å². The number of carboxylic acids is 1. The fourth-order valence-corrected chi connectivity index (χ4v) is 2.47. The van der Waals surface area contributed by atoms with E-state index in [1.165, 1.54) is 6.08 Å². The molecule has 0 amide bonds. The highest BCUT2D eigenvalue weighted by Crippen LogP contribution is 2.16. The van der Waals surface area contributed by atoms with Crippen molar-refractivity contribution in [3.63, 3.8) is 0 Å². The molecular formula is C16H21NO3. The average molecular weight is 275 g/mol. The number of carbonyl (C=O) groups is 1. The van der Waals surface area contributed by atoms with Crippen molar-refractivity contribution < 1.29 is 14.6 Å². The molecule has 1 aromatic rings. The lowest BCUT2D eigenvalue weighted by Gasteiger charge is -2.22. The molecule has 1 aliphatic heterocycles. The predicted octanol–water partition coefficient (Wildman–Crippen LogP) is 2.40. The number of aliphatic carboxylic acids is 1. The molecule has 1 heterocycles. The summed E-state index contributed by atoms with van der Waals surface area (Å²) in [6.45, 7) is 5.67. The molecule has 1 N–H and O–H groups in total. The first-order valence-corrected chi connectivity index (χ1v) is 6.98. The summed E-state index contributed by atoms with van der Waals surface area (Å²) in [7, 11) is 0. The van der Waals surface area contributed by atoms with Gasteiger partial charge in [-0.15, -0.1) is 0 Å². The summed E-state index contributed by atoms with van der Waals surface area (Å²) in [4.78, 5) is 13.0. The maximum Gasteiger partial charge on any atom is 0.328 e. The van der Waals surface area contributed by atoms with Gasteiger partial charge in [0.1, 0.15) is 0 Å². The molecule has 4 heteroatoms. The van der Waals surface area contributed by atoms with Crippen LogP contribution in [0.2, 0.25) is 0 Å². The monoisotopic (exact) mass is 275 g/mol. The predicted molar refractivity (Wildman–Crippen MR) is 78.4 cm³/mol. The molecule has 2 rings (SSSR count). The van der Waals surface area contributed by atoms with Gasteiger partial charge in [0.15, 0.2) is 0 Å². The summed E-state index contributed by atoms with van der Waals surface area (Å²) in [6, 6.07) is 7.93. The summed E-state index contributed by atoms with van der Waals surface area (Å²) in [5.74, 6) is -0.920. The second-order valence-electron chi connectivity index (χ2n) is 5.14. The SMILES string of the molecule is CC1CN(Cc2ccccc2C=CC(=O)O)CCCO1. The number of hydrogen-bond donors (Lipinski definition) is 1. The second-order valence-corrected chi connectivity index (χ2v) is 5.14. The van der Waals surface area contributed by atoms with Gasteiger partial charge >= 0.3 is 5.97 Å². The molecule has 108 valence electrons. The quantitative estimate of drug-likeness (QED) is 0.857. The molecule has 1 unspecified atom stereocenters. The molecule has 1 aliphatic rings. The first-order valence-electron chi connectivity index (χ1n) is 6.98. The van der Waals surface area contributed by atoms with Gasteiger partial charge in [-0.2, -0.15) is 0 Å². The van der Waals surface area contributed by atoms with E-state index in [1.807, 2.05) is 18.2 Å². The van der Waals surface area contributed by atoms with Gasteiger partial charge in [0, 0.05) is 32.3 Å². The lowest BCUT2D eigenvalue weighted by Crippen LogP contribution is -2.30.